The second kappa shape index (κ2) is 13.6. The summed E-state index contributed by atoms with van der Waals surface area (Å²) in [7, 11) is 0. The number of aromatic nitrogens is 4. The fourth-order valence-corrected chi connectivity index (χ4v) is 6.06. The molecule has 1 saturated heterocycles. The first kappa shape index (κ1) is 29.9. The van der Waals surface area contributed by atoms with Crippen molar-refractivity contribution in [2.75, 3.05) is 55.5 Å². The quantitative estimate of drug-likeness (QED) is 0.160. The molecule has 1 aliphatic rings. The van der Waals surface area contributed by atoms with Crippen molar-refractivity contribution in [1.29, 1.82) is 0 Å². The van der Waals surface area contributed by atoms with Gasteiger partial charge in [-0.25, -0.2) is 0 Å². The molecule has 3 heterocycles. The summed E-state index contributed by atoms with van der Waals surface area (Å²) in [5.74, 6) is 1.82. The van der Waals surface area contributed by atoms with Crippen molar-refractivity contribution >= 4 is 51.5 Å². The van der Waals surface area contributed by atoms with Gasteiger partial charge >= 0.3 is 0 Å². The van der Waals surface area contributed by atoms with Crippen LogP contribution in [0.4, 0.5) is 11.4 Å². The lowest BCUT2D eigenvalue weighted by molar-refractivity contribution is -0.113. The number of benzene rings is 3. The van der Waals surface area contributed by atoms with Crippen LogP contribution in [-0.4, -0.2) is 70.9 Å². The molecule has 0 bridgehead atoms. The maximum Gasteiger partial charge on any atom is 0.234 e. The van der Waals surface area contributed by atoms with Crippen LogP contribution >= 0.6 is 23.4 Å². The molecule has 3 aromatic carbocycles. The fraction of sp³-hybridized carbons (Fsp3) is 0.281. The molecule has 0 saturated carbocycles. The number of anilines is 2. The van der Waals surface area contributed by atoms with Crippen LogP contribution in [-0.2, 0) is 9.53 Å². The van der Waals surface area contributed by atoms with E-state index in [1.807, 2.05) is 85.3 Å². The molecular formula is C32H33ClN6O4S. The van der Waals surface area contributed by atoms with Gasteiger partial charge in [-0.15, -0.1) is 10.2 Å². The number of H-pyrrole nitrogens is 1. The Morgan fingerprint density at radius 3 is 2.55 bits per heavy atom. The Balaban J connectivity index is 1.27. The third-order valence-corrected chi connectivity index (χ3v) is 8.35. The first-order chi connectivity index (χ1) is 21.6. The van der Waals surface area contributed by atoms with Gasteiger partial charge in [0.05, 0.1) is 43.6 Å². The fourth-order valence-electron chi connectivity index (χ4n) is 5.18. The van der Waals surface area contributed by atoms with Crippen molar-refractivity contribution in [1.82, 2.24) is 19.7 Å². The second-order valence-corrected chi connectivity index (χ2v) is 11.4. The van der Waals surface area contributed by atoms with E-state index in [1.165, 1.54) is 11.8 Å². The average molecular weight is 633 g/mol. The van der Waals surface area contributed by atoms with Crippen molar-refractivity contribution in [3.8, 4) is 28.6 Å². The number of aromatic amines is 1. The highest BCUT2D eigenvalue weighted by Crippen LogP contribution is 2.40. The third-order valence-electron chi connectivity index (χ3n) is 7.17. The smallest absolute Gasteiger partial charge is 0.234 e. The van der Waals surface area contributed by atoms with Crippen molar-refractivity contribution in [3.63, 3.8) is 0 Å². The topological polar surface area (TPSA) is 107 Å². The number of nitrogens with zero attached hydrogens (tertiary/aromatic N) is 4. The molecule has 10 nitrogen and oxygen atoms in total. The zero-order valence-electron chi connectivity index (χ0n) is 24.5. The second-order valence-electron chi connectivity index (χ2n) is 9.98. The summed E-state index contributed by atoms with van der Waals surface area (Å²) in [4.78, 5) is 18.9. The molecule has 2 aromatic heterocycles. The Kier molecular flexibility index (Phi) is 9.25. The third kappa shape index (κ3) is 6.35. The molecule has 0 unspecified atom stereocenters. The molecule has 0 aliphatic carbocycles. The predicted molar refractivity (Wildman–Crippen MR) is 175 cm³/mol. The van der Waals surface area contributed by atoms with E-state index in [-0.39, 0.29) is 11.7 Å². The Labute approximate surface area is 264 Å². The monoisotopic (exact) mass is 632 g/mol. The molecule has 2 N–H and O–H groups in total. The maximum atomic E-state index is 13.4. The summed E-state index contributed by atoms with van der Waals surface area (Å²) < 4.78 is 19.4. The summed E-state index contributed by atoms with van der Waals surface area (Å²) in [6.45, 7) is 7.60. The van der Waals surface area contributed by atoms with Gasteiger partial charge < -0.3 is 29.4 Å². The molecule has 0 atom stereocenters. The molecule has 0 radical (unpaired) electrons. The molecule has 6 rings (SSSR count). The molecule has 44 heavy (non-hydrogen) atoms. The number of carbonyl (C=O) groups is 1. The Bertz CT molecular complexity index is 1750. The van der Waals surface area contributed by atoms with Gasteiger partial charge in [0.15, 0.2) is 11.0 Å². The summed E-state index contributed by atoms with van der Waals surface area (Å²) in [5, 5.41) is 14.3. The van der Waals surface area contributed by atoms with E-state index < -0.39 is 0 Å². The molecule has 12 heteroatoms. The van der Waals surface area contributed by atoms with Gasteiger partial charge in [-0.05, 0) is 44.2 Å². The van der Waals surface area contributed by atoms with Crippen LogP contribution in [0.25, 0.3) is 28.0 Å². The Hall–Kier alpha value is -4.19. The van der Waals surface area contributed by atoms with Gasteiger partial charge in [-0.2, -0.15) is 0 Å². The van der Waals surface area contributed by atoms with Gasteiger partial charge in [-0.1, -0.05) is 41.6 Å². The standard InChI is InChI=1S/C32H33ClN6O4S/c1-3-42-28-18-27(38-13-15-41-16-14-38)29(43-4-2)17-26(28)35-30(40)20-44-32-37-36-31(39(32)22-11-9-21(33)10-12-22)24-19-34-25-8-6-5-7-23(24)25/h5-12,17-19,34H,3-4,13-16,20H2,1-2H3,(H,35,40). The summed E-state index contributed by atoms with van der Waals surface area (Å²) in [6.07, 6.45) is 1.92. The van der Waals surface area contributed by atoms with Gasteiger partial charge in [0.1, 0.15) is 11.5 Å². The van der Waals surface area contributed by atoms with E-state index in [4.69, 9.17) is 25.8 Å². The zero-order chi connectivity index (χ0) is 30.5. The number of rotatable bonds is 11. The molecule has 1 aliphatic heterocycles. The van der Waals surface area contributed by atoms with Crippen molar-refractivity contribution in [3.05, 3.63) is 71.9 Å². The van der Waals surface area contributed by atoms with E-state index in [0.29, 0.717) is 59.6 Å². The minimum Gasteiger partial charge on any atom is -0.492 e. The summed E-state index contributed by atoms with van der Waals surface area (Å²) >= 11 is 7.50. The maximum absolute atomic E-state index is 13.4. The molecule has 228 valence electrons. The van der Waals surface area contributed by atoms with E-state index in [2.05, 4.69) is 25.4 Å². The average Bonchev–Trinajstić information content (AvgIpc) is 3.66. The highest BCUT2D eigenvalue weighted by Gasteiger charge is 2.22. The van der Waals surface area contributed by atoms with E-state index in [9.17, 15) is 4.79 Å². The minimum atomic E-state index is -0.211. The lowest BCUT2D eigenvalue weighted by Crippen LogP contribution is -2.36. The minimum absolute atomic E-state index is 0.0976. The number of ether oxygens (including phenoxy) is 3. The number of nitrogens with one attached hydrogen (secondary N) is 2. The van der Waals surface area contributed by atoms with Crippen molar-refractivity contribution in [2.45, 2.75) is 19.0 Å². The van der Waals surface area contributed by atoms with E-state index in [0.717, 1.165) is 40.9 Å². The van der Waals surface area contributed by atoms with Gasteiger partial charge in [0.25, 0.3) is 0 Å². The number of para-hydroxylation sites is 1. The summed E-state index contributed by atoms with van der Waals surface area (Å²) in [5.41, 5.74) is 4.21. The number of carbonyl (C=O) groups excluding carboxylic acids is 1. The van der Waals surface area contributed by atoms with Crippen molar-refractivity contribution < 1.29 is 19.0 Å². The number of fused-ring (bicyclic) bond motifs is 1. The lowest BCUT2D eigenvalue weighted by Gasteiger charge is -2.31. The number of thioether (sulfide) groups is 1. The van der Waals surface area contributed by atoms with Crippen LogP contribution in [0.2, 0.25) is 5.02 Å². The Morgan fingerprint density at radius 1 is 1.02 bits per heavy atom. The van der Waals surface area contributed by atoms with E-state index >= 15 is 0 Å². The first-order valence-corrected chi connectivity index (χ1v) is 15.9. The van der Waals surface area contributed by atoms with Gasteiger partial charge in [-0.3, -0.25) is 9.36 Å². The zero-order valence-corrected chi connectivity index (χ0v) is 26.1. The van der Waals surface area contributed by atoms with Gasteiger partial charge in [0.2, 0.25) is 5.91 Å². The highest BCUT2D eigenvalue weighted by atomic mass is 35.5. The number of halogens is 1. The number of morpholine rings is 1. The van der Waals surface area contributed by atoms with Gasteiger partial charge in [0, 0.05) is 58.6 Å². The van der Waals surface area contributed by atoms with Crippen LogP contribution in [0.15, 0.2) is 72.0 Å². The summed E-state index contributed by atoms with van der Waals surface area (Å²) in [6, 6.07) is 19.3. The number of hydrogen-bond acceptors (Lipinski definition) is 8. The van der Waals surface area contributed by atoms with Crippen LogP contribution < -0.4 is 19.7 Å². The molecule has 0 spiro atoms. The highest BCUT2D eigenvalue weighted by molar-refractivity contribution is 7.99. The predicted octanol–water partition coefficient (Wildman–Crippen LogP) is 6.43. The molecule has 1 fully saturated rings. The first-order valence-electron chi connectivity index (χ1n) is 14.5. The molecular weight excluding hydrogens is 600 g/mol. The Morgan fingerprint density at radius 2 is 1.77 bits per heavy atom. The normalized spacial score (nSPS) is 13.3. The molecule has 1 amide bonds. The van der Waals surface area contributed by atoms with E-state index in [1.54, 1.807) is 0 Å². The SMILES string of the molecule is CCOc1cc(N2CCOCC2)c(OCC)cc1NC(=O)CSc1nnc(-c2c[nH]c3ccccc23)n1-c1ccc(Cl)cc1. The van der Waals surface area contributed by atoms with Crippen LogP contribution in [0, 0.1) is 0 Å². The lowest BCUT2D eigenvalue weighted by atomic mass is 10.1. The molecule has 5 aromatic rings. The van der Waals surface area contributed by atoms with Crippen molar-refractivity contribution in [2.24, 2.45) is 0 Å². The van der Waals surface area contributed by atoms with Crippen LogP contribution in [0.1, 0.15) is 13.8 Å². The van der Waals surface area contributed by atoms with Crippen LogP contribution in [0.3, 0.4) is 0 Å². The number of hydrogen-bond donors (Lipinski definition) is 2. The largest absolute Gasteiger partial charge is 0.492 e. The van der Waals surface area contributed by atoms with Crippen LogP contribution in [0.5, 0.6) is 11.5 Å². The number of amides is 1.